The van der Waals surface area contributed by atoms with Crippen LogP contribution in [0, 0.1) is 0 Å². The van der Waals surface area contributed by atoms with E-state index >= 15 is 0 Å². The first kappa shape index (κ1) is 16.2. The first-order valence-corrected chi connectivity index (χ1v) is 7.06. The van der Waals surface area contributed by atoms with Gasteiger partial charge in [-0.05, 0) is 45.3 Å². The molecule has 0 heterocycles. The number of allylic oxidation sites excluding steroid dienone is 3. The largest absolute Gasteiger partial charge is 0.461 e. The highest BCUT2D eigenvalue weighted by Crippen LogP contribution is 2.07. The Hall–Kier alpha value is -1.83. The summed E-state index contributed by atoms with van der Waals surface area (Å²) in [5, 5.41) is 0. The summed E-state index contributed by atoms with van der Waals surface area (Å²) in [7, 11) is 0. The Morgan fingerprint density at radius 1 is 1.10 bits per heavy atom. The number of hydrogen-bond donors (Lipinski definition) is 0. The van der Waals surface area contributed by atoms with Crippen molar-refractivity contribution in [2.24, 2.45) is 0 Å². The highest BCUT2D eigenvalue weighted by Gasteiger charge is 2.03. The lowest BCUT2D eigenvalue weighted by atomic mass is 10.1. The summed E-state index contributed by atoms with van der Waals surface area (Å²) in [6.07, 6.45) is 6.61. The smallest absolute Gasteiger partial charge is 0.310 e. The molecule has 0 aliphatic rings. The zero-order valence-electron chi connectivity index (χ0n) is 12.7. The van der Waals surface area contributed by atoms with E-state index < -0.39 is 0 Å². The molecule has 1 rings (SSSR count). The van der Waals surface area contributed by atoms with E-state index in [1.165, 1.54) is 11.1 Å². The van der Waals surface area contributed by atoms with E-state index in [0.29, 0.717) is 13.0 Å². The first-order valence-electron chi connectivity index (χ1n) is 7.06. The number of carbonyl (C=O) groups is 1. The number of carbonyl (C=O) groups excluding carboxylic acids is 1. The summed E-state index contributed by atoms with van der Waals surface area (Å²) in [6.45, 7) is 6.64. The number of ether oxygens (including phenoxy) is 1. The normalized spacial score (nSPS) is 11.1. The molecule has 0 saturated carbocycles. The van der Waals surface area contributed by atoms with E-state index in [9.17, 15) is 4.79 Å². The number of esters is 1. The Labute approximate surface area is 122 Å². The van der Waals surface area contributed by atoms with E-state index in [-0.39, 0.29) is 5.97 Å². The van der Waals surface area contributed by atoms with Gasteiger partial charge in [-0.15, -0.1) is 0 Å². The molecule has 108 valence electrons. The zero-order chi connectivity index (χ0) is 14.8. The van der Waals surface area contributed by atoms with Crippen molar-refractivity contribution in [3.63, 3.8) is 0 Å². The van der Waals surface area contributed by atoms with Crippen molar-refractivity contribution in [2.45, 2.75) is 40.0 Å². The van der Waals surface area contributed by atoms with Gasteiger partial charge >= 0.3 is 5.97 Å². The highest BCUT2D eigenvalue weighted by atomic mass is 16.5. The van der Waals surface area contributed by atoms with Gasteiger partial charge in [0.2, 0.25) is 0 Å². The van der Waals surface area contributed by atoms with Crippen LogP contribution in [0.5, 0.6) is 0 Å². The molecule has 0 atom stereocenters. The molecule has 2 heteroatoms. The standard InChI is InChI=1S/C18H24O2/c1-15(2)8-7-9-16(3)12-13-20-18(19)14-17-10-5-4-6-11-17/h4-6,8,10-12H,7,9,13-14H2,1-3H3/b16-12+. The fourth-order valence-corrected chi connectivity index (χ4v) is 1.78. The quantitative estimate of drug-likeness (QED) is 0.541. The van der Waals surface area contributed by atoms with Gasteiger partial charge in [-0.3, -0.25) is 4.79 Å². The topological polar surface area (TPSA) is 26.3 Å². The van der Waals surface area contributed by atoms with Crippen LogP contribution >= 0.6 is 0 Å². The highest BCUT2D eigenvalue weighted by molar-refractivity contribution is 5.72. The second kappa shape index (κ2) is 9.13. The third-order valence-electron chi connectivity index (χ3n) is 2.96. The van der Waals surface area contributed by atoms with Gasteiger partial charge in [0.15, 0.2) is 0 Å². The number of rotatable bonds is 7. The molecule has 0 bridgehead atoms. The van der Waals surface area contributed by atoms with Gasteiger partial charge in [-0.25, -0.2) is 0 Å². The third-order valence-corrected chi connectivity index (χ3v) is 2.96. The Kier molecular flexibility index (Phi) is 7.41. The minimum Gasteiger partial charge on any atom is -0.461 e. The SMILES string of the molecule is CC(C)=CCC/C(C)=C/COC(=O)Cc1ccccc1. The van der Waals surface area contributed by atoms with Crippen LogP contribution in [0.3, 0.4) is 0 Å². The van der Waals surface area contributed by atoms with E-state index in [1.807, 2.05) is 36.4 Å². The maximum atomic E-state index is 11.6. The average Bonchev–Trinajstić information content (AvgIpc) is 2.39. The molecule has 0 aliphatic heterocycles. The molecule has 0 aromatic heterocycles. The van der Waals surface area contributed by atoms with E-state index in [2.05, 4.69) is 26.8 Å². The molecule has 0 amide bonds. The van der Waals surface area contributed by atoms with Crippen LogP contribution in [-0.4, -0.2) is 12.6 Å². The maximum Gasteiger partial charge on any atom is 0.310 e. The summed E-state index contributed by atoms with van der Waals surface area (Å²) >= 11 is 0. The van der Waals surface area contributed by atoms with Crippen molar-refractivity contribution >= 4 is 5.97 Å². The molecule has 1 aromatic carbocycles. The van der Waals surface area contributed by atoms with Gasteiger partial charge in [-0.2, -0.15) is 0 Å². The average molecular weight is 272 g/mol. The monoisotopic (exact) mass is 272 g/mol. The molecular weight excluding hydrogens is 248 g/mol. The van der Waals surface area contributed by atoms with Crippen LogP contribution in [0.2, 0.25) is 0 Å². The summed E-state index contributed by atoms with van der Waals surface area (Å²) < 4.78 is 5.21. The van der Waals surface area contributed by atoms with Crippen molar-refractivity contribution in [1.82, 2.24) is 0 Å². The predicted molar refractivity (Wildman–Crippen MR) is 83.5 cm³/mol. The first-order chi connectivity index (χ1) is 9.58. The molecule has 20 heavy (non-hydrogen) atoms. The second-order valence-electron chi connectivity index (χ2n) is 5.22. The maximum absolute atomic E-state index is 11.6. The van der Waals surface area contributed by atoms with Gasteiger partial charge in [0.05, 0.1) is 6.42 Å². The molecule has 0 spiro atoms. The Bertz CT molecular complexity index is 465. The molecule has 1 aromatic rings. The van der Waals surface area contributed by atoms with Crippen molar-refractivity contribution in [3.8, 4) is 0 Å². The summed E-state index contributed by atoms with van der Waals surface area (Å²) in [5.41, 5.74) is 3.59. The second-order valence-corrected chi connectivity index (χ2v) is 5.22. The van der Waals surface area contributed by atoms with Crippen LogP contribution in [0.25, 0.3) is 0 Å². The summed E-state index contributed by atoms with van der Waals surface area (Å²) in [4.78, 5) is 11.6. The van der Waals surface area contributed by atoms with E-state index in [1.54, 1.807) is 0 Å². The van der Waals surface area contributed by atoms with Gasteiger partial charge in [0, 0.05) is 0 Å². The van der Waals surface area contributed by atoms with Crippen LogP contribution in [0.4, 0.5) is 0 Å². The van der Waals surface area contributed by atoms with Crippen molar-refractivity contribution in [3.05, 3.63) is 59.2 Å². The van der Waals surface area contributed by atoms with E-state index in [4.69, 9.17) is 4.74 Å². The van der Waals surface area contributed by atoms with Gasteiger partial charge < -0.3 is 4.74 Å². The summed E-state index contributed by atoms with van der Waals surface area (Å²) in [5.74, 6) is -0.176. The lowest BCUT2D eigenvalue weighted by Crippen LogP contribution is -2.08. The van der Waals surface area contributed by atoms with Gasteiger partial charge in [0.25, 0.3) is 0 Å². The minimum absolute atomic E-state index is 0.176. The molecule has 0 aliphatic carbocycles. The number of benzene rings is 1. The predicted octanol–water partition coefficient (Wildman–Crippen LogP) is 4.47. The molecular formula is C18H24O2. The van der Waals surface area contributed by atoms with Gasteiger partial charge in [-0.1, -0.05) is 47.6 Å². The molecule has 2 nitrogen and oxygen atoms in total. The van der Waals surface area contributed by atoms with Crippen molar-refractivity contribution in [2.75, 3.05) is 6.61 Å². The lowest BCUT2D eigenvalue weighted by molar-refractivity contribution is -0.141. The van der Waals surface area contributed by atoms with E-state index in [0.717, 1.165) is 18.4 Å². The minimum atomic E-state index is -0.176. The molecule has 0 N–H and O–H groups in total. The van der Waals surface area contributed by atoms with Crippen LogP contribution in [0.15, 0.2) is 53.6 Å². The van der Waals surface area contributed by atoms with Crippen LogP contribution in [0.1, 0.15) is 39.2 Å². The fraction of sp³-hybridized carbons (Fsp3) is 0.389. The van der Waals surface area contributed by atoms with Crippen molar-refractivity contribution in [1.29, 1.82) is 0 Å². The Balaban J connectivity index is 2.25. The Morgan fingerprint density at radius 3 is 2.45 bits per heavy atom. The summed E-state index contributed by atoms with van der Waals surface area (Å²) in [6, 6.07) is 9.66. The molecule has 0 fully saturated rings. The van der Waals surface area contributed by atoms with Crippen LogP contribution in [-0.2, 0) is 16.0 Å². The third kappa shape index (κ3) is 7.57. The molecule has 0 unspecified atom stereocenters. The Morgan fingerprint density at radius 2 is 1.80 bits per heavy atom. The lowest BCUT2D eigenvalue weighted by Gasteiger charge is -2.03. The fourth-order valence-electron chi connectivity index (χ4n) is 1.78. The van der Waals surface area contributed by atoms with Crippen molar-refractivity contribution < 1.29 is 9.53 Å². The number of hydrogen-bond acceptors (Lipinski definition) is 2. The zero-order valence-corrected chi connectivity index (χ0v) is 12.7. The molecule has 0 saturated heterocycles. The molecule has 0 radical (unpaired) electrons. The van der Waals surface area contributed by atoms with Crippen LogP contribution < -0.4 is 0 Å². The van der Waals surface area contributed by atoms with Gasteiger partial charge in [0.1, 0.15) is 6.61 Å².